The van der Waals surface area contributed by atoms with Gasteiger partial charge in [0.15, 0.2) is 0 Å². The fourth-order valence-electron chi connectivity index (χ4n) is 2.50. The lowest BCUT2D eigenvalue weighted by molar-refractivity contribution is -0.137. The number of nitrogens with zero attached hydrogens (tertiary/aromatic N) is 3. The van der Waals surface area contributed by atoms with Crippen LogP contribution in [0.1, 0.15) is 23.1 Å². The van der Waals surface area contributed by atoms with Gasteiger partial charge in [-0.15, -0.1) is 10.2 Å². The van der Waals surface area contributed by atoms with Crippen LogP contribution >= 0.6 is 0 Å². The second kappa shape index (κ2) is 6.97. The SMILES string of the molecule is Cc1nnc(-c2ccc(OC3=C[C@H](c4ccc(C(F)(F)F)cc4)ON3)cn2)o1. The van der Waals surface area contributed by atoms with E-state index in [0.717, 1.165) is 12.1 Å². The van der Waals surface area contributed by atoms with Crippen LogP contribution in [-0.4, -0.2) is 15.2 Å². The zero-order chi connectivity index (χ0) is 19.7. The predicted molar refractivity (Wildman–Crippen MR) is 89.4 cm³/mol. The van der Waals surface area contributed by atoms with Gasteiger partial charge in [0, 0.05) is 13.0 Å². The van der Waals surface area contributed by atoms with Crippen molar-refractivity contribution in [3.63, 3.8) is 0 Å². The Morgan fingerprint density at radius 1 is 1.07 bits per heavy atom. The fraction of sp³-hybridized carbons (Fsp3) is 0.167. The van der Waals surface area contributed by atoms with Gasteiger partial charge in [-0.3, -0.25) is 4.84 Å². The van der Waals surface area contributed by atoms with Crippen LogP contribution in [0.25, 0.3) is 11.6 Å². The predicted octanol–water partition coefficient (Wildman–Crippen LogP) is 3.96. The fourth-order valence-corrected chi connectivity index (χ4v) is 2.50. The molecule has 1 atom stereocenters. The molecule has 1 aromatic carbocycles. The Hall–Kier alpha value is -3.40. The van der Waals surface area contributed by atoms with E-state index in [4.69, 9.17) is 14.0 Å². The molecule has 0 saturated heterocycles. The van der Waals surface area contributed by atoms with Gasteiger partial charge < -0.3 is 9.15 Å². The lowest BCUT2D eigenvalue weighted by Gasteiger charge is -2.10. The van der Waals surface area contributed by atoms with Crippen LogP contribution in [0.3, 0.4) is 0 Å². The number of hydroxylamine groups is 1. The minimum atomic E-state index is -4.38. The van der Waals surface area contributed by atoms with Crippen molar-refractivity contribution in [3.8, 4) is 17.3 Å². The number of aromatic nitrogens is 3. The van der Waals surface area contributed by atoms with E-state index in [1.807, 2.05) is 0 Å². The smallest absolute Gasteiger partial charge is 0.416 e. The number of rotatable bonds is 4. The zero-order valence-corrected chi connectivity index (χ0v) is 14.4. The molecule has 2 aromatic heterocycles. The average molecular weight is 390 g/mol. The van der Waals surface area contributed by atoms with Crippen LogP contribution in [0.4, 0.5) is 13.2 Å². The van der Waals surface area contributed by atoms with Gasteiger partial charge in [-0.05, 0) is 29.8 Å². The van der Waals surface area contributed by atoms with Gasteiger partial charge >= 0.3 is 6.18 Å². The first-order chi connectivity index (χ1) is 13.4. The minimum Gasteiger partial charge on any atom is -0.438 e. The summed E-state index contributed by atoms with van der Waals surface area (Å²) in [4.78, 5) is 9.53. The minimum absolute atomic E-state index is 0.299. The molecule has 0 fully saturated rings. The summed E-state index contributed by atoms with van der Waals surface area (Å²) in [5.41, 5.74) is 2.93. The Morgan fingerprint density at radius 2 is 1.86 bits per heavy atom. The molecule has 3 aromatic rings. The van der Waals surface area contributed by atoms with Crippen molar-refractivity contribution in [1.29, 1.82) is 0 Å². The molecule has 0 bridgehead atoms. The first kappa shape index (κ1) is 18.0. The highest BCUT2D eigenvalue weighted by atomic mass is 19.4. The standard InChI is InChI=1S/C18H13F3N4O3/c1-10-23-24-17(26-10)14-7-6-13(9-22-14)27-16-8-15(28-25-16)11-2-4-12(5-3-11)18(19,20)21/h2-9,15,25H,1H3/t15-/m1/s1. The summed E-state index contributed by atoms with van der Waals surface area (Å²) in [5.74, 6) is 1.46. The molecule has 1 N–H and O–H groups in total. The molecule has 1 aliphatic rings. The summed E-state index contributed by atoms with van der Waals surface area (Å²) in [6.45, 7) is 1.68. The summed E-state index contributed by atoms with van der Waals surface area (Å²) in [5, 5.41) is 7.62. The molecule has 0 spiro atoms. The maximum atomic E-state index is 12.6. The van der Waals surface area contributed by atoms with Gasteiger partial charge in [0.05, 0.1) is 11.8 Å². The monoisotopic (exact) mass is 390 g/mol. The van der Waals surface area contributed by atoms with Crippen LogP contribution in [-0.2, 0) is 11.0 Å². The van der Waals surface area contributed by atoms with E-state index >= 15 is 0 Å². The highest BCUT2D eigenvalue weighted by Gasteiger charge is 2.30. The highest BCUT2D eigenvalue weighted by molar-refractivity contribution is 5.47. The van der Waals surface area contributed by atoms with Crippen molar-refractivity contribution in [2.24, 2.45) is 0 Å². The van der Waals surface area contributed by atoms with E-state index in [0.29, 0.717) is 34.7 Å². The second-order valence-corrected chi connectivity index (χ2v) is 5.90. The summed E-state index contributed by atoms with van der Waals surface area (Å²) >= 11 is 0. The number of aryl methyl sites for hydroxylation is 1. The molecule has 0 amide bonds. The van der Waals surface area contributed by atoms with Gasteiger partial charge in [0.1, 0.15) is 17.5 Å². The van der Waals surface area contributed by atoms with Crippen molar-refractivity contribution in [2.75, 3.05) is 0 Å². The Kier molecular flexibility index (Phi) is 4.47. The van der Waals surface area contributed by atoms with Crippen molar-refractivity contribution in [2.45, 2.75) is 19.2 Å². The molecule has 0 radical (unpaired) electrons. The first-order valence-electron chi connectivity index (χ1n) is 8.13. The molecule has 0 saturated carbocycles. The molecule has 1 aliphatic heterocycles. The Bertz CT molecular complexity index is 998. The van der Waals surface area contributed by atoms with Crippen LogP contribution in [0.2, 0.25) is 0 Å². The van der Waals surface area contributed by atoms with Crippen LogP contribution in [0.15, 0.2) is 59.0 Å². The number of nitrogens with one attached hydrogen (secondary N) is 1. The summed E-state index contributed by atoms with van der Waals surface area (Å²) in [7, 11) is 0. The van der Waals surface area contributed by atoms with E-state index in [-0.39, 0.29) is 0 Å². The zero-order valence-electron chi connectivity index (χ0n) is 14.4. The number of benzene rings is 1. The van der Waals surface area contributed by atoms with E-state index in [1.54, 1.807) is 25.1 Å². The van der Waals surface area contributed by atoms with Crippen molar-refractivity contribution in [3.05, 3.63) is 71.6 Å². The summed E-state index contributed by atoms with van der Waals surface area (Å²) in [6, 6.07) is 8.05. The third-order valence-electron chi connectivity index (χ3n) is 3.87. The van der Waals surface area contributed by atoms with Crippen molar-refractivity contribution >= 4 is 0 Å². The van der Waals surface area contributed by atoms with E-state index < -0.39 is 17.8 Å². The van der Waals surface area contributed by atoms with E-state index in [2.05, 4.69) is 20.7 Å². The molecular weight excluding hydrogens is 377 g/mol. The molecule has 28 heavy (non-hydrogen) atoms. The molecule has 7 nitrogen and oxygen atoms in total. The molecule has 3 heterocycles. The third-order valence-corrected chi connectivity index (χ3v) is 3.87. The Labute approximate surface area is 156 Å². The maximum absolute atomic E-state index is 12.6. The topological polar surface area (TPSA) is 82.3 Å². The van der Waals surface area contributed by atoms with Crippen molar-refractivity contribution < 1.29 is 27.2 Å². The third kappa shape index (κ3) is 3.81. The average Bonchev–Trinajstić information content (AvgIpc) is 3.31. The van der Waals surface area contributed by atoms with E-state index in [9.17, 15) is 13.2 Å². The molecule has 0 aliphatic carbocycles. The largest absolute Gasteiger partial charge is 0.438 e. The Balaban J connectivity index is 1.43. The first-order valence-corrected chi connectivity index (χ1v) is 8.13. The van der Waals surface area contributed by atoms with Gasteiger partial charge in [-0.2, -0.15) is 13.2 Å². The number of alkyl halides is 3. The molecule has 4 rings (SSSR count). The van der Waals surface area contributed by atoms with E-state index in [1.165, 1.54) is 18.3 Å². The van der Waals surface area contributed by atoms with Gasteiger partial charge in [-0.25, -0.2) is 10.5 Å². The Morgan fingerprint density at radius 3 is 2.46 bits per heavy atom. The van der Waals surface area contributed by atoms with Gasteiger partial charge in [-0.1, -0.05) is 12.1 Å². The highest BCUT2D eigenvalue weighted by Crippen LogP contribution is 2.32. The van der Waals surface area contributed by atoms with Gasteiger partial charge in [0.25, 0.3) is 5.89 Å². The molecule has 144 valence electrons. The normalized spacial score (nSPS) is 16.6. The summed E-state index contributed by atoms with van der Waals surface area (Å²) < 4.78 is 48.8. The molecular formula is C18H13F3N4O3. The van der Waals surface area contributed by atoms with Crippen molar-refractivity contribution in [1.82, 2.24) is 20.7 Å². The maximum Gasteiger partial charge on any atom is 0.416 e. The van der Waals surface area contributed by atoms with Crippen LogP contribution in [0, 0.1) is 6.92 Å². The van der Waals surface area contributed by atoms with Crippen LogP contribution < -0.4 is 10.2 Å². The number of hydrogen-bond acceptors (Lipinski definition) is 7. The second-order valence-electron chi connectivity index (χ2n) is 5.90. The number of pyridine rings is 1. The van der Waals surface area contributed by atoms with Gasteiger partial charge in [0.2, 0.25) is 11.8 Å². The number of ether oxygens (including phenoxy) is 1. The lowest BCUT2D eigenvalue weighted by Crippen LogP contribution is -2.12. The quantitative estimate of drug-likeness (QED) is 0.722. The lowest BCUT2D eigenvalue weighted by atomic mass is 10.1. The van der Waals surface area contributed by atoms with Crippen LogP contribution in [0.5, 0.6) is 5.75 Å². The molecule has 0 unspecified atom stereocenters. The number of halogens is 3. The summed E-state index contributed by atoms with van der Waals surface area (Å²) in [6.07, 6.45) is -1.87. The molecule has 10 heteroatoms. The number of hydrogen-bond donors (Lipinski definition) is 1.